The summed E-state index contributed by atoms with van der Waals surface area (Å²) in [5.41, 5.74) is 1.87. The fourth-order valence-electron chi connectivity index (χ4n) is 2.28. The van der Waals surface area contributed by atoms with E-state index in [2.05, 4.69) is 33.5 Å². The monoisotopic (exact) mass is 314 g/mol. The molecule has 0 aliphatic carbocycles. The number of benzene rings is 1. The van der Waals surface area contributed by atoms with Crippen LogP contribution in [-0.2, 0) is 6.54 Å². The van der Waals surface area contributed by atoms with E-state index in [1.165, 1.54) is 4.90 Å². The standard InChI is InChI=1S/C16H18N4OS/c1-10-15(9-20-12(3)17-11(2)19-20)18-16(21-10)13-5-7-14(22-4)8-6-13/h5-8H,9H2,1-4H3. The van der Waals surface area contributed by atoms with Gasteiger partial charge in [-0.2, -0.15) is 5.10 Å². The van der Waals surface area contributed by atoms with Gasteiger partial charge in [0, 0.05) is 10.5 Å². The van der Waals surface area contributed by atoms with E-state index in [1.807, 2.05) is 37.6 Å². The molecule has 0 saturated carbocycles. The number of aryl methyl sites for hydroxylation is 3. The lowest BCUT2D eigenvalue weighted by Gasteiger charge is -1.99. The zero-order valence-corrected chi connectivity index (χ0v) is 13.9. The van der Waals surface area contributed by atoms with E-state index in [0.717, 1.165) is 28.7 Å². The first kappa shape index (κ1) is 14.8. The van der Waals surface area contributed by atoms with Crippen LogP contribution in [0.1, 0.15) is 23.1 Å². The molecule has 0 spiro atoms. The largest absolute Gasteiger partial charge is 0.441 e. The summed E-state index contributed by atoms with van der Waals surface area (Å²) in [4.78, 5) is 10.2. The number of aromatic nitrogens is 4. The molecule has 3 rings (SSSR count). The van der Waals surface area contributed by atoms with E-state index in [-0.39, 0.29) is 0 Å². The summed E-state index contributed by atoms with van der Waals surface area (Å²) < 4.78 is 7.66. The van der Waals surface area contributed by atoms with Gasteiger partial charge in [0.05, 0.1) is 6.54 Å². The molecule has 2 aromatic heterocycles. The minimum atomic E-state index is 0.574. The SMILES string of the molecule is CSc1ccc(-c2nc(Cn3nc(C)nc3C)c(C)o2)cc1. The smallest absolute Gasteiger partial charge is 0.226 e. The molecule has 6 heteroatoms. The first-order chi connectivity index (χ1) is 10.6. The molecule has 114 valence electrons. The van der Waals surface area contributed by atoms with E-state index < -0.39 is 0 Å². The Labute approximate surface area is 133 Å². The highest BCUT2D eigenvalue weighted by atomic mass is 32.2. The molecule has 0 saturated heterocycles. The van der Waals surface area contributed by atoms with Crippen molar-refractivity contribution in [3.63, 3.8) is 0 Å². The fourth-order valence-corrected chi connectivity index (χ4v) is 2.69. The molecule has 0 fully saturated rings. The van der Waals surface area contributed by atoms with Crippen molar-refractivity contribution in [1.29, 1.82) is 0 Å². The normalized spacial score (nSPS) is 11.1. The summed E-state index contributed by atoms with van der Waals surface area (Å²) in [5, 5.41) is 4.37. The third kappa shape index (κ3) is 2.92. The molecule has 22 heavy (non-hydrogen) atoms. The predicted octanol–water partition coefficient (Wildman–Crippen LogP) is 3.63. The van der Waals surface area contributed by atoms with Crippen molar-refractivity contribution in [3.8, 4) is 11.5 Å². The number of thioether (sulfide) groups is 1. The second kappa shape index (κ2) is 5.96. The molecule has 1 aromatic carbocycles. The molecule has 0 aliphatic rings. The molecular formula is C16H18N4OS. The number of oxazole rings is 1. The number of rotatable bonds is 4. The summed E-state index contributed by atoms with van der Waals surface area (Å²) >= 11 is 1.72. The topological polar surface area (TPSA) is 56.7 Å². The lowest BCUT2D eigenvalue weighted by atomic mass is 10.2. The van der Waals surface area contributed by atoms with Gasteiger partial charge in [0.25, 0.3) is 0 Å². The molecule has 2 heterocycles. The zero-order chi connectivity index (χ0) is 15.7. The third-order valence-corrected chi connectivity index (χ3v) is 4.24. The van der Waals surface area contributed by atoms with E-state index in [4.69, 9.17) is 4.42 Å². The van der Waals surface area contributed by atoms with E-state index in [1.54, 1.807) is 11.8 Å². The maximum atomic E-state index is 5.81. The zero-order valence-electron chi connectivity index (χ0n) is 13.1. The Morgan fingerprint density at radius 3 is 2.41 bits per heavy atom. The van der Waals surface area contributed by atoms with Gasteiger partial charge in [-0.3, -0.25) is 0 Å². The average molecular weight is 314 g/mol. The van der Waals surface area contributed by atoms with Gasteiger partial charge < -0.3 is 4.42 Å². The summed E-state index contributed by atoms with van der Waals surface area (Å²) in [5.74, 6) is 3.11. The van der Waals surface area contributed by atoms with E-state index in [9.17, 15) is 0 Å². The van der Waals surface area contributed by atoms with Crippen molar-refractivity contribution in [1.82, 2.24) is 19.7 Å². The van der Waals surface area contributed by atoms with Crippen LogP contribution in [0.2, 0.25) is 0 Å². The Hall–Kier alpha value is -2.08. The van der Waals surface area contributed by atoms with Crippen molar-refractivity contribution in [2.75, 3.05) is 6.26 Å². The van der Waals surface area contributed by atoms with Gasteiger partial charge in [0.15, 0.2) is 0 Å². The van der Waals surface area contributed by atoms with E-state index >= 15 is 0 Å². The first-order valence-electron chi connectivity index (χ1n) is 7.05. The van der Waals surface area contributed by atoms with Crippen LogP contribution in [0.15, 0.2) is 33.6 Å². The van der Waals surface area contributed by atoms with Gasteiger partial charge >= 0.3 is 0 Å². The molecule has 0 radical (unpaired) electrons. The van der Waals surface area contributed by atoms with Crippen LogP contribution in [0.25, 0.3) is 11.5 Å². The van der Waals surface area contributed by atoms with Gasteiger partial charge in [-0.15, -0.1) is 11.8 Å². The highest BCUT2D eigenvalue weighted by Crippen LogP contribution is 2.24. The second-order valence-corrected chi connectivity index (χ2v) is 5.99. The molecule has 3 aromatic rings. The quantitative estimate of drug-likeness (QED) is 0.688. The van der Waals surface area contributed by atoms with Crippen molar-refractivity contribution in [2.45, 2.75) is 32.2 Å². The Kier molecular flexibility index (Phi) is 4.02. The van der Waals surface area contributed by atoms with Crippen molar-refractivity contribution < 1.29 is 4.42 Å². The lowest BCUT2D eigenvalue weighted by molar-refractivity contribution is 0.535. The molecule has 5 nitrogen and oxygen atoms in total. The van der Waals surface area contributed by atoms with Crippen molar-refractivity contribution in [2.24, 2.45) is 0 Å². The van der Waals surface area contributed by atoms with Crippen LogP contribution in [0.5, 0.6) is 0 Å². The molecule has 0 amide bonds. The Morgan fingerprint density at radius 1 is 1.09 bits per heavy atom. The van der Waals surface area contributed by atoms with Gasteiger partial charge in [0.1, 0.15) is 23.1 Å². The Morgan fingerprint density at radius 2 is 1.82 bits per heavy atom. The Bertz CT molecular complexity index is 789. The van der Waals surface area contributed by atoms with Crippen LogP contribution >= 0.6 is 11.8 Å². The van der Waals surface area contributed by atoms with Crippen LogP contribution in [0.3, 0.4) is 0 Å². The summed E-state index contributed by atoms with van der Waals surface area (Å²) in [6.07, 6.45) is 2.06. The summed E-state index contributed by atoms with van der Waals surface area (Å²) in [6, 6.07) is 8.21. The minimum absolute atomic E-state index is 0.574. The van der Waals surface area contributed by atoms with Gasteiger partial charge in [-0.05, 0) is 51.3 Å². The van der Waals surface area contributed by atoms with Crippen LogP contribution in [0.4, 0.5) is 0 Å². The molecule has 0 unspecified atom stereocenters. The fraction of sp³-hybridized carbons (Fsp3) is 0.312. The second-order valence-electron chi connectivity index (χ2n) is 5.11. The van der Waals surface area contributed by atoms with Gasteiger partial charge in [-0.25, -0.2) is 14.6 Å². The maximum Gasteiger partial charge on any atom is 0.226 e. The van der Waals surface area contributed by atoms with Crippen molar-refractivity contribution >= 4 is 11.8 Å². The van der Waals surface area contributed by atoms with E-state index in [0.29, 0.717) is 12.4 Å². The third-order valence-electron chi connectivity index (χ3n) is 3.49. The number of nitrogens with zero attached hydrogens (tertiary/aromatic N) is 4. The number of hydrogen-bond donors (Lipinski definition) is 0. The molecule has 0 bridgehead atoms. The average Bonchev–Trinajstić information content (AvgIpc) is 3.02. The van der Waals surface area contributed by atoms with Crippen molar-refractivity contribution in [3.05, 3.63) is 47.4 Å². The molecular weight excluding hydrogens is 296 g/mol. The number of hydrogen-bond acceptors (Lipinski definition) is 5. The highest BCUT2D eigenvalue weighted by Gasteiger charge is 2.13. The first-order valence-corrected chi connectivity index (χ1v) is 8.28. The Balaban J connectivity index is 1.88. The van der Waals surface area contributed by atoms with Crippen LogP contribution in [0, 0.1) is 20.8 Å². The minimum Gasteiger partial charge on any atom is -0.441 e. The van der Waals surface area contributed by atoms with Crippen LogP contribution < -0.4 is 0 Å². The highest BCUT2D eigenvalue weighted by molar-refractivity contribution is 7.98. The maximum absolute atomic E-state index is 5.81. The van der Waals surface area contributed by atoms with Gasteiger partial charge in [-0.1, -0.05) is 0 Å². The lowest BCUT2D eigenvalue weighted by Crippen LogP contribution is -2.05. The van der Waals surface area contributed by atoms with Crippen LogP contribution in [-0.4, -0.2) is 26.0 Å². The molecule has 0 N–H and O–H groups in total. The predicted molar refractivity (Wildman–Crippen MR) is 87.1 cm³/mol. The molecule has 0 atom stereocenters. The summed E-state index contributed by atoms with van der Waals surface area (Å²) in [6.45, 7) is 6.33. The van der Waals surface area contributed by atoms with Gasteiger partial charge in [0.2, 0.25) is 5.89 Å². The molecule has 0 aliphatic heterocycles. The summed E-state index contributed by atoms with van der Waals surface area (Å²) in [7, 11) is 0.